The van der Waals surface area contributed by atoms with Crippen LogP contribution in [0.2, 0.25) is 5.02 Å². The number of nitrogens with zero attached hydrogens (tertiary/aromatic N) is 2. The lowest BCUT2D eigenvalue weighted by Crippen LogP contribution is -2.47. The molecule has 0 bridgehead atoms. The number of nitrogens with one attached hydrogen (secondary N) is 1. The molecule has 41 heavy (non-hydrogen) atoms. The van der Waals surface area contributed by atoms with Crippen LogP contribution in [0.5, 0.6) is 5.75 Å². The van der Waals surface area contributed by atoms with Gasteiger partial charge in [0, 0.05) is 24.9 Å². The molecule has 1 aliphatic carbocycles. The predicted molar refractivity (Wildman–Crippen MR) is 140 cm³/mol. The first-order valence-electron chi connectivity index (χ1n) is 12.6. The molecular formula is C25H31ClF5N3O6S. The average Bonchev–Trinajstić information content (AvgIpc) is 3.16. The number of amides is 1. The van der Waals surface area contributed by atoms with E-state index in [1.807, 2.05) is 0 Å². The number of carbonyl (C=O) groups excluding carboxylic acids is 1. The molecule has 2 aromatic rings. The number of hydrogen-bond donors (Lipinski definition) is 3. The number of aromatic nitrogens is 2. The molecule has 0 unspecified atom stereocenters. The molecule has 0 aliphatic heterocycles. The Balaban J connectivity index is 1.91. The second-order valence-corrected chi connectivity index (χ2v) is 13.1. The van der Waals surface area contributed by atoms with E-state index >= 15 is 0 Å². The van der Waals surface area contributed by atoms with Crippen molar-refractivity contribution in [2.24, 2.45) is 0 Å². The van der Waals surface area contributed by atoms with Crippen LogP contribution in [-0.4, -0.2) is 70.8 Å². The molecule has 1 atom stereocenters. The zero-order valence-electron chi connectivity index (χ0n) is 22.4. The van der Waals surface area contributed by atoms with E-state index in [1.54, 1.807) is 6.92 Å². The van der Waals surface area contributed by atoms with Crippen molar-refractivity contribution < 1.29 is 50.1 Å². The van der Waals surface area contributed by atoms with Crippen LogP contribution in [0.15, 0.2) is 18.2 Å². The number of rotatable bonds is 10. The standard InChI is InChI=1S/C25H31ClF5N3O6S/c1-4-34-20(16-6-5-14(11-17(16)40-22(27)28)23(2,36)12-25(29,30)31)18(26)19(33-34)21(35)32-13-24(37)9-7-15(8-10-24)41(3,38)39/h5-6,11,15,22,36-37H,4,7-10,12-13H2,1-3H3,(H,32,35)/t15-,23-,24+/m1/s1. The number of ether oxygens (including phenoxy) is 1. The van der Waals surface area contributed by atoms with Gasteiger partial charge >= 0.3 is 12.8 Å². The quantitative estimate of drug-likeness (QED) is 0.331. The van der Waals surface area contributed by atoms with Crippen LogP contribution < -0.4 is 10.1 Å². The van der Waals surface area contributed by atoms with Crippen LogP contribution in [0.4, 0.5) is 22.0 Å². The molecule has 9 nitrogen and oxygen atoms in total. The summed E-state index contributed by atoms with van der Waals surface area (Å²) >= 11 is 6.47. The normalized spacial score (nSPS) is 21.5. The lowest BCUT2D eigenvalue weighted by Gasteiger charge is -2.35. The van der Waals surface area contributed by atoms with Crippen LogP contribution in [-0.2, 0) is 22.0 Å². The smallest absolute Gasteiger partial charge is 0.392 e. The van der Waals surface area contributed by atoms with Crippen molar-refractivity contribution in [3.05, 3.63) is 34.5 Å². The molecule has 3 N–H and O–H groups in total. The van der Waals surface area contributed by atoms with Gasteiger partial charge in [-0.25, -0.2) is 8.42 Å². The molecule has 230 valence electrons. The topological polar surface area (TPSA) is 131 Å². The molecule has 1 aliphatic rings. The summed E-state index contributed by atoms with van der Waals surface area (Å²) in [6.45, 7) is -1.01. The summed E-state index contributed by atoms with van der Waals surface area (Å²) in [6.07, 6.45) is -4.56. The summed E-state index contributed by atoms with van der Waals surface area (Å²) in [5.74, 6) is -1.40. The Kier molecular flexibility index (Phi) is 9.68. The van der Waals surface area contributed by atoms with E-state index in [9.17, 15) is 45.4 Å². The van der Waals surface area contributed by atoms with Gasteiger partial charge in [-0.2, -0.15) is 27.1 Å². The minimum Gasteiger partial charge on any atom is -0.434 e. The maximum absolute atomic E-state index is 13.3. The third-order valence-corrected chi connectivity index (χ3v) is 9.12. The fourth-order valence-electron chi connectivity index (χ4n) is 4.87. The van der Waals surface area contributed by atoms with Crippen LogP contribution in [0.25, 0.3) is 11.3 Å². The van der Waals surface area contributed by atoms with Gasteiger partial charge in [-0.1, -0.05) is 17.7 Å². The summed E-state index contributed by atoms with van der Waals surface area (Å²) in [5, 5.41) is 27.1. The van der Waals surface area contributed by atoms with E-state index in [-0.39, 0.29) is 66.3 Å². The van der Waals surface area contributed by atoms with Gasteiger partial charge in [0.2, 0.25) is 0 Å². The van der Waals surface area contributed by atoms with E-state index in [2.05, 4.69) is 15.2 Å². The van der Waals surface area contributed by atoms with Gasteiger partial charge < -0.3 is 20.3 Å². The highest BCUT2D eigenvalue weighted by molar-refractivity contribution is 7.91. The van der Waals surface area contributed by atoms with Crippen molar-refractivity contribution in [1.29, 1.82) is 0 Å². The van der Waals surface area contributed by atoms with Gasteiger partial charge in [0.1, 0.15) is 15.6 Å². The summed E-state index contributed by atoms with van der Waals surface area (Å²) in [6, 6.07) is 3.08. The first-order valence-corrected chi connectivity index (χ1v) is 14.9. The molecule has 1 heterocycles. The summed E-state index contributed by atoms with van der Waals surface area (Å²) in [4.78, 5) is 13.0. The Labute approximate surface area is 238 Å². The van der Waals surface area contributed by atoms with E-state index in [0.717, 1.165) is 31.4 Å². The van der Waals surface area contributed by atoms with Gasteiger partial charge in [0.25, 0.3) is 5.91 Å². The number of aliphatic hydroxyl groups is 2. The Morgan fingerprint density at radius 2 is 1.90 bits per heavy atom. The minimum absolute atomic E-state index is 0.0376. The number of benzene rings is 1. The second-order valence-electron chi connectivity index (χ2n) is 10.4. The highest BCUT2D eigenvalue weighted by atomic mass is 35.5. The lowest BCUT2D eigenvalue weighted by molar-refractivity contribution is -0.174. The van der Waals surface area contributed by atoms with E-state index in [0.29, 0.717) is 0 Å². The zero-order valence-corrected chi connectivity index (χ0v) is 24.0. The molecule has 1 amide bonds. The Morgan fingerprint density at radius 3 is 2.41 bits per heavy atom. The molecule has 1 aromatic heterocycles. The summed E-state index contributed by atoms with van der Waals surface area (Å²) in [7, 11) is -3.27. The van der Waals surface area contributed by atoms with Crippen molar-refractivity contribution in [1.82, 2.24) is 15.1 Å². The third-order valence-electron chi connectivity index (χ3n) is 7.08. The maximum Gasteiger partial charge on any atom is 0.392 e. The lowest BCUT2D eigenvalue weighted by atomic mass is 9.84. The SMILES string of the molecule is CCn1nc(C(=O)NC[C@]2(O)CC[C@@H](S(C)(=O)=O)CC2)c(Cl)c1-c1ccc([C@](C)(O)CC(F)(F)F)cc1OC(F)F. The van der Waals surface area contributed by atoms with Crippen LogP contribution in [0.1, 0.15) is 62.0 Å². The largest absolute Gasteiger partial charge is 0.434 e. The predicted octanol–water partition coefficient (Wildman–Crippen LogP) is 4.43. The molecule has 1 fully saturated rings. The van der Waals surface area contributed by atoms with Crippen molar-refractivity contribution in [3.8, 4) is 17.0 Å². The highest BCUT2D eigenvalue weighted by Gasteiger charge is 2.40. The first-order chi connectivity index (χ1) is 18.8. The maximum atomic E-state index is 13.3. The van der Waals surface area contributed by atoms with Gasteiger partial charge in [0.15, 0.2) is 5.69 Å². The summed E-state index contributed by atoms with van der Waals surface area (Å²) in [5.41, 5.74) is -4.63. The number of halogens is 6. The fourth-order valence-corrected chi connectivity index (χ4v) is 6.29. The Bertz CT molecular complexity index is 1370. The Hall–Kier alpha value is -2.49. The molecule has 0 spiro atoms. The van der Waals surface area contributed by atoms with E-state index in [1.165, 1.54) is 4.68 Å². The molecular weight excluding hydrogens is 601 g/mol. The number of alkyl halides is 5. The van der Waals surface area contributed by atoms with Gasteiger partial charge in [-0.15, -0.1) is 0 Å². The van der Waals surface area contributed by atoms with Gasteiger partial charge in [-0.05, 0) is 57.2 Å². The average molecular weight is 632 g/mol. The molecule has 16 heteroatoms. The van der Waals surface area contributed by atoms with Crippen molar-refractivity contribution >= 4 is 27.3 Å². The number of carbonyl (C=O) groups is 1. The van der Waals surface area contributed by atoms with Crippen LogP contribution in [0, 0.1) is 0 Å². The zero-order chi connectivity index (χ0) is 31.0. The second kappa shape index (κ2) is 12.0. The van der Waals surface area contributed by atoms with Crippen LogP contribution >= 0.6 is 11.6 Å². The molecule has 1 saturated carbocycles. The molecule has 0 radical (unpaired) electrons. The third kappa shape index (κ3) is 8.08. The first kappa shape index (κ1) is 33.0. The van der Waals surface area contributed by atoms with Crippen molar-refractivity contribution in [3.63, 3.8) is 0 Å². The van der Waals surface area contributed by atoms with E-state index in [4.69, 9.17) is 11.6 Å². The van der Waals surface area contributed by atoms with E-state index < -0.39 is 57.2 Å². The van der Waals surface area contributed by atoms with Crippen molar-refractivity contribution in [2.45, 2.75) is 81.7 Å². The van der Waals surface area contributed by atoms with Crippen molar-refractivity contribution in [2.75, 3.05) is 12.8 Å². The van der Waals surface area contributed by atoms with Crippen LogP contribution in [0.3, 0.4) is 0 Å². The Morgan fingerprint density at radius 1 is 1.29 bits per heavy atom. The molecule has 0 saturated heterocycles. The fraction of sp³-hybridized carbons (Fsp3) is 0.600. The summed E-state index contributed by atoms with van der Waals surface area (Å²) < 4.78 is 94.9. The monoisotopic (exact) mass is 631 g/mol. The molecule has 1 aromatic carbocycles. The minimum atomic E-state index is -4.75. The number of hydrogen-bond acceptors (Lipinski definition) is 7. The molecule has 3 rings (SSSR count). The highest BCUT2D eigenvalue weighted by Crippen LogP contribution is 2.42. The number of sulfone groups is 1. The van der Waals surface area contributed by atoms with Gasteiger partial charge in [0.05, 0.1) is 33.6 Å². The number of aryl methyl sites for hydroxylation is 1. The van der Waals surface area contributed by atoms with Gasteiger partial charge in [-0.3, -0.25) is 9.48 Å².